The summed E-state index contributed by atoms with van der Waals surface area (Å²) < 4.78 is 13.2. The summed E-state index contributed by atoms with van der Waals surface area (Å²) in [6.45, 7) is 8.97. The third kappa shape index (κ3) is 3.58. The largest absolute Gasteiger partial charge is 0.338 e. The summed E-state index contributed by atoms with van der Waals surface area (Å²) in [4.78, 5) is 26.8. The van der Waals surface area contributed by atoms with Crippen LogP contribution in [0.15, 0.2) is 24.3 Å². The Morgan fingerprint density at radius 2 is 1.78 bits per heavy atom. The first-order chi connectivity index (χ1) is 13.0. The number of carbonyl (C=O) groups is 1. The molecular formula is C21H25FN4O. The number of hydrogen-bond donors (Lipinski definition) is 0. The zero-order valence-electron chi connectivity index (χ0n) is 15.9. The molecule has 1 fully saturated rings. The second-order valence-electron chi connectivity index (χ2n) is 7.43. The number of anilines is 1. The average molecular weight is 368 g/mol. The molecule has 6 heteroatoms. The number of benzene rings is 1. The Morgan fingerprint density at radius 1 is 1.07 bits per heavy atom. The van der Waals surface area contributed by atoms with E-state index in [9.17, 15) is 9.18 Å². The Hall–Kier alpha value is -2.34. The standard InChI is InChI=1S/C21H25FN4O/c1-3-25-8-10-26(11-9-25)21-23-14(2)20-18(24-21)12-16(13-19(20)27)15-4-6-17(22)7-5-15/h4-7,16H,3,8-13H2,1-2H3/t16-/m0/s1. The van der Waals surface area contributed by atoms with Crippen molar-refractivity contribution < 1.29 is 9.18 Å². The first-order valence-electron chi connectivity index (χ1n) is 9.68. The van der Waals surface area contributed by atoms with Crippen LogP contribution in [0.1, 0.15) is 46.6 Å². The first kappa shape index (κ1) is 18.0. The Bertz CT molecular complexity index is 844. The molecule has 2 heterocycles. The Morgan fingerprint density at radius 3 is 2.44 bits per heavy atom. The van der Waals surface area contributed by atoms with Crippen LogP contribution in [-0.2, 0) is 6.42 Å². The highest BCUT2D eigenvalue weighted by molar-refractivity contribution is 5.99. The summed E-state index contributed by atoms with van der Waals surface area (Å²) in [5, 5.41) is 0. The number of halogens is 1. The maximum absolute atomic E-state index is 13.2. The van der Waals surface area contributed by atoms with Crippen molar-refractivity contribution in [2.75, 3.05) is 37.6 Å². The van der Waals surface area contributed by atoms with Crippen molar-refractivity contribution in [2.45, 2.75) is 32.6 Å². The fraction of sp³-hybridized carbons (Fsp3) is 0.476. The third-order valence-corrected chi connectivity index (χ3v) is 5.75. The number of fused-ring (bicyclic) bond motifs is 1. The predicted molar refractivity (Wildman–Crippen MR) is 103 cm³/mol. The molecule has 1 aromatic heterocycles. The molecule has 0 radical (unpaired) electrons. The molecule has 0 bridgehead atoms. The van der Waals surface area contributed by atoms with Gasteiger partial charge in [0.1, 0.15) is 5.82 Å². The molecule has 1 saturated heterocycles. The smallest absolute Gasteiger partial charge is 0.225 e. The molecule has 2 aromatic rings. The summed E-state index contributed by atoms with van der Waals surface area (Å²) >= 11 is 0. The first-order valence-corrected chi connectivity index (χ1v) is 9.68. The van der Waals surface area contributed by atoms with Gasteiger partial charge in [0.25, 0.3) is 0 Å². The van der Waals surface area contributed by atoms with E-state index >= 15 is 0 Å². The topological polar surface area (TPSA) is 49.3 Å². The molecule has 5 nitrogen and oxygen atoms in total. The SMILES string of the molecule is CCN1CCN(c2nc(C)c3c(n2)C[C@H](c2ccc(F)cc2)CC3=O)CC1. The highest BCUT2D eigenvalue weighted by atomic mass is 19.1. The van der Waals surface area contributed by atoms with Crippen molar-refractivity contribution in [3.8, 4) is 0 Å². The Labute approximate surface area is 159 Å². The molecule has 27 heavy (non-hydrogen) atoms. The van der Waals surface area contributed by atoms with Crippen LogP contribution in [0.3, 0.4) is 0 Å². The van der Waals surface area contributed by atoms with Crippen LogP contribution in [0.5, 0.6) is 0 Å². The number of aromatic nitrogens is 2. The lowest BCUT2D eigenvalue weighted by Crippen LogP contribution is -2.47. The minimum Gasteiger partial charge on any atom is -0.338 e. The van der Waals surface area contributed by atoms with Crippen LogP contribution < -0.4 is 4.90 Å². The molecule has 0 unspecified atom stereocenters. The van der Waals surface area contributed by atoms with E-state index in [1.807, 2.05) is 6.92 Å². The second kappa shape index (κ2) is 7.35. The van der Waals surface area contributed by atoms with Gasteiger partial charge < -0.3 is 9.80 Å². The van der Waals surface area contributed by atoms with Gasteiger partial charge in [-0.15, -0.1) is 0 Å². The van der Waals surface area contributed by atoms with Gasteiger partial charge in [-0.1, -0.05) is 19.1 Å². The van der Waals surface area contributed by atoms with E-state index in [1.165, 1.54) is 12.1 Å². The molecule has 1 aliphatic heterocycles. The zero-order chi connectivity index (χ0) is 19.0. The lowest BCUT2D eigenvalue weighted by atomic mass is 9.81. The molecule has 1 aliphatic carbocycles. The molecule has 4 rings (SSSR count). The zero-order valence-corrected chi connectivity index (χ0v) is 15.9. The van der Waals surface area contributed by atoms with Crippen LogP contribution in [0.4, 0.5) is 10.3 Å². The van der Waals surface area contributed by atoms with Gasteiger partial charge >= 0.3 is 0 Å². The van der Waals surface area contributed by atoms with Crippen molar-refractivity contribution in [2.24, 2.45) is 0 Å². The van der Waals surface area contributed by atoms with E-state index in [0.717, 1.165) is 55.6 Å². The lowest BCUT2D eigenvalue weighted by Gasteiger charge is -2.35. The van der Waals surface area contributed by atoms with E-state index in [4.69, 9.17) is 4.98 Å². The second-order valence-corrected chi connectivity index (χ2v) is 7.43. The van der Waals surface area contributed by atoms with Gasteiger partial charge in [0.15, 0.2) is 5.78 Å². The van der Waals surface area contributed by atoms with Gasteiger partial charge in [-0.2, -0.15) is 0 Å². The number of hydrogen-bond acceptors (Lipinski definition) is 5. The van der Waals surface area contributed by atoms with E-state index in [-0.39, 0.29) is 17.5 Å². The van der Waals surface area contributed by atoms with E-state index in [0.29, 0.717) is 18.4 Å². The molecule has 0 amide bonds. The van der Waals surface area contributed by atoms with E-state index < -0.39 is 0 Å². The molecule has 0 spiro atoms. The number of aryl methyl sites for hydroxylation is 1. The molecule has 142 valence electrons. The summed E-state index contributed by atoms with van der Waals surface area (Å²) in [5.74, 6) is 0.609. The Balaban J connectivity index is 1.61. The van der Waals surface area contributed by atoms with Crippen molar-refractivity contribution in [1.82, 2.24) is 14.9 Å². The predicted octanol–water partition coefficient (Wildman–Crippen LogP) is 2.98. The molecule has 0 N–H and O–H groups in total. The van der Waals surface area contributed by atoms with Crippen LogP contribution in [0.2, 0.25) is 0 Å². The summed E-state index contributed by atoms with van der Waals surface area (Å²) in [6, 6.07) is 6.47. The van der Waals surface area contributed by atoms with Gasteiger partial charge in [-0.25, -0.2) is 14.4 Å². The van der Waals surface area contributed by atoms with Crippen LogP contribution in [0.25, 0.3) is 0 Å². The van der Waals surface area contributed by atoms with Gasteiger partial charge in [-0.3, -0.25) is 4.79 Å². The molecule has 1 aromatic carbocycles. The number of piperazine rings is 1. The van der Waals surface area contributed by atoms with Crippen molar-refractivity contribution >= 4 is 11.7 Å². The van der Waals surface area contributed by atoms with Crippen molar-refractivity contribution in [1.29, 1.82) is 0 Å². The fourth-order valence-electron chi connectivity index (χ4n) is 4.13. The molecular weight excluding hydrogens is 343 g/mol. The van der Waals surface area contributed by atoms with Gasteiger partial charge in [0.2, 0.25) is 5.95 Å². The number of rotatable bonds is 3. The fourth-order valence-corrected chi connectivity index (χ4v) is 4.13. The minimum absolute atomic E-state index is 0.0460. The van der Waals surface area contributed by atoms with Gasteiger partial charge in [-0.05, 0) is 43.5 Å². The monoisotopic (exact) mass is 368 g/mol. The summed E-state index contributed by atoms with van der Waals surface area (Å²) in [7, 11) is 0. The number of nitrogens with zero attached hydrogens (tertiary/aromatic N) is 4. The van der Waals surface area contributed by atoms with Crippen molar-refractivity contribution in [3.05, 3.63) is 52.6 Å². The maximum atomic E-state index is 13.2. The van der Waals surface area contributed by atoms with Crippen LogP contribution in [-0.4, -0.2) is 53.4 Å². The lowest BCUT2D eigenvalue weighted by molar-refractivity contribution is 0.0962. The number of carbonyl (C=O) groups excluding carboxylic acids is 1. The molecule has 0 saturated carbocycles. The highest BCUT2D eigenvalue weighted by Crippen LogP contribution is 2.33. The van der Waals surface area contributed by atoms with Gasteiger partial charge in [0.05, 0.1) is 17.0 Å². The number of ketones is 1. The summed E-state index contributed by atoms with van der Waals surface area (Å²) in [6.07, 6.45) is 1.12. The van der Waals surface area contributed by atoms with Crippen LogP contribution in [0, 0.1) is 12.7 Å². The van der Waals surface area contributed by atoms with E-state index in [1.54, 1.807) is 12.1 Å². The minimum atomic E-state index is -0.257. The van der Waals surface area contributed by atoms with Gasteiger partial charge in [0, 0.05) is 32.6 Å². The molecule has 2 aliphatic rings. The average Bonchev–Trinajstić information content (AvgIpc) is 2.68. The normalized spacial score (nSPS) is 20.6. The Kier molecular flexibility index (Phi) is 4.91. The van der Waals surface area contributed by atoms with E-state index in [2.05, 4.69) is 21.7 Å². The number of Topliss-reactive ketones (excluding diaryl/α,β-unsaturated/α-hetero) is 1. The number of likely N-dealkylation sites (N-methyl/N-ethyl adjacent to an activating group) is 1. The summed E-state index contributed by atoms with van der Waals surface area (Å²) in [5.41, 5.74) is 3.28. The van der Waals surface area contributed by atoms with Crippen molar-refractivity contribution in [3.63, 3.8) is 0 Å². The quantitative estimate of drug-likeness (QED) is 0.834. The maximum Gasteiger partial charge on any atom is 0.225 e. The molecule has 1 atom stereocenters. The highest BCUT2D eigenvalue weighted by Gasteiger charge is 2.31. The third-order valence-electron chi connectivity index (χ3n) is 5.75. The van der Waals surface area contributed by atoms with Crippen LogP contribution >= 0.6 is 0 Å².